The van der Waals surface area contributed by atoms with E-state index in [1.807, 2.05) is 0 Å². The van der Waals surface area contributed by atoms with Crippen LogP contribution < -0.4 is 5.32 Å². The molecule has 0 spiro atoms. The van der Waals surface area contributed by atoms with Crippen molar-refractivity contribution in [3.63, 3.8) is 0 Å². The summed E-state index contributed by atoms with van der Waals surface area (Å²) in [6, 6.07) is 0.0894. The van der Waals surface area contributed by atoms with Gasteiger partial charge in [-0.05, 0) is 19.4 Å². The third-order valence-corrected chi connectivity index (χ3v) is 3.97. The van der Waals surface area contributed by atoms with Gasteiger partial charge in [0.25, 0.3) is 11.7 Å². The largest absolute Gasteiger partial charge is 0.337 e. The van der Waals surface area contributed by atoms with E-state index in [1.165, 1.54) is 0 Å². The molecule has 21 heavy (non-hydrogen) atoms. The van der Waals surface area contributed by atoms with E-state index in [-0.39, 0.29) is 17.8 Å². The molecule has 0 radical (unpaired) electrons. The van der Waals surface area contributed by atoms with E-state index in [1.54, 1.807) is 4.90 Å². The number of amides is 1. The quantitative estimate of drug-likeness (QED) is 0.782. The van der Waals surface area contributed by atoms with Crippen LogP contribution in [-0.2, 0) is 0 Å². The van der Waals surface area contributed by atoms with Crippen molar-refractivity contribution in [2.75, 3.05) is 39.3 Å². The molecular weight excluding hydrogens is 270 g/mol. The molecule has 7 heteroatoms. The van der Waals surface area contributed by atoms with Gasteiger partial charge in [-0.2, -0.15) is 4.98 Å². The highest BCUT2D eigenvalue weighted by Gasteiger charge is 2.28. The lowest BCUT2D eigenvalue weighted by Crippen LogP contribution is -2.48. The van der Waals surface area contributed by atoms with E-state index in [9.17, 15) is 4.79 Å². The van der Waals surface area contributed by atoms with E-state index in [4.69, 9.17) is 10.9 Å². The monoisotopic (exact) mass is 289 g/mol. The maximum absolute atomic E-state index is 12.4. The molecule has 1 N–H and O–H groups in total. The van der Waals surface area contributed by atoms with Crippen LogP contribution >= 0.6 is 0 Å². The molecular formula is C14H19N5O2. The third-order valence-electron chi connectivity index (χ3n) is 3.97. The molecule has 1 amide bonds. The predicted molar refractivity (Wildman–Crippen MR) is 75.5 cm³/mol. The number of nitrogens with zero attached hydrogens (tertiary/aromatic N) is 4. The Bertz CT molecular complexity index is 536. The average molecular weight is 289 g/mol. The van der Waals surface area contributed by atoms with Gasteiger partial charge in [-0.15, -0.1) is 6.42 Å². The summed E-state index contributed by atoms with van der Waals surface area (Å²) in [5, 5.41) is 7.11. The average Bonchev–Trinajstić information content (AvgIpc) is 3.19. The highest BCUT2D eigenvalue weighted by atomic mass is 16.5. The van der Waals surface area contributed by atoms with Crippen LogP contribution in [0.25, 0.3) is 0 Å². The second-order valence-electron chi connectivity index (χ2n) is 5.38. The number of aromatic nitrogens is 2. The minimum absolute atomic E-state index is 0.0894. The minimum atomic E-state index is -0.164. The lowest BCUT2D eigenvalue weighted by molar-refractivity contribution is 0.0637. The summed E-state index contributed by atoms with van der Waals surface area (Å²) in [7, 11) is 0. The van der Waals surface area contributed by atoms with E-state index >= 15 is 0 Å². The zero-order valence-electron chi connectivity index (χ0n) is 11.9. The Kier molecular flexibility index (Phi) is 4.18. The Balaban J connectivity index is 1.59. The molecule has 1 unspecified atom stereocenters. The van der Waals surface area contributed by atoms with E-state index in [0.717, 1.165) is 32.5 Å². The summed E-state index contributed by atoms with van der Waals surface area (Å²) in [6.07, 6.45) is 7.36. The predicted octanol–water partition coefficient (Wildman–Crippen LogP) is -0.115. The Morgan fingerprint density at radius 3 is 2.90 bits per heavy atom. The van der Waals surface area contributed by atoms with E-state index < -0.39 is 0 Å². The number of carbonyl (C=O) groups excluding carboxylic acids is 1. The zero-order valence-corrected chi connectivity index (χ0v) is 11.9. The fourth-order valence-electron chi connectivity index (χ4n) is 2.74. The van der Waals surface area contributed by atoms with Crippen molar-refractivity contribution < 1.29 is 9.32 Å². The Hall–Kier alpha value is -1.91. The molecule has 112 valence electrons. The van der Waals surface area contributed by atoms with Crippen LogP contribution in [0.3, 0.4) is 0 Å². The molecule has 2 fully saturated rings. The first-order chi connectivity index (χ1) is 10.3. The van der Waals surface area contributed by atoms with Crippen molar-refractivity contribution in [1.82, 2.24) is 25.3 Å². The number of hydrogen-bond donors (Lipinski definition) is 1. The summed E-state index contributed by atoms with van der Waals surface area (Å²) in [5.41, 5.74) is 0. The van der Waals surface area contributed by atoms with Gasteiger partial charge in [0, 0.05) is 26.2 Å². The molecule has 2 saturated heterocycles. The number of rotatable bonds is 3. The van der Waals surface area contributed by atoms with Crippen LogP contribution in [0.4, 0.5) is 0 Å². The summed E-state index contributed by atoms with van der Waals surface area (Å²) >= 11 is 0. The zero-order chi connectivity index (χ0) is 14.7. The minimum Gasteiger partial charge on any atom is -0.337 e. The van der Waals surface area contributed by atoms with Gasteiger partial charge in [0.05, 0.1) is 12.6 Å². The molecule has 2 aliphatic heterocycles. The van der Waals surface area contributed by atoms with E-state index in [0.29, 0.717) is 25.5 Å². The standard InChI is InChI=1S/C14H19N5O2/c1-2-6-18-7-9-19(10-8-18)14(20)12-16-13(21-17-12)11-4-3-5-15-11/h1,11,15H,3-10H2. The maximum Gasteiger partial charge on any atom is 0.295 e. The van der Waals surface area contributed by atoms with E-state index in [2.05, 4.69) is 26.3 Å². The molecule has 2 aliphatic rings. The topological polar surface area (TPSA) is 74.5 Å². The van der Waals surface area contributed by atoms with Crippen LogP contribution in [0, 0.1) is 12.3 Å². The van der Waals surface area contributed by atoms with Crippen molar-refractivity contribution in [3.05, 3.63) is 11.7 Å². The van der Waals surface area contributed by atoms with Crippen molar-refractivity contribution in [3.8, 4) is 12.3 Å². The molecule has 3 heterocycles. The van der Waals surface area contributed by atoms with Gasteiger partial charge in [0.15, 0.2) is 0 Å². The van der Waals surface area contributed by atoms with Crippen molar-refractivity contribution >= 4 is 5.91 Å². The molecule has 0 aliphatic carbocycles. The molecule has 0 bridgehead atoms. The number of nitrogens with one attached hydrogen (secondary N) is 1. The van der Waals surface area contributed by atoms with Gasteiger partial charge >= 0.3 is 0 Å². The summed E-state index contributed by atoms with van der Waals surface area (Å²) in [4.78, 5) is 20.5. The fourth-order valence-corrected chi connectivity index (χ4v) is 2.74. The summed E-state index contributed by atoms with van der Waals surface area (Å²) < 4.78 is 5.21. The maximum atomic E-state index is 12.4. The number of terminal acetylenes is 1. The Morgan fingerprint density at radius 1 is 1.43 bits per heavy atom. The normalized spacial score (nSPS) is 23.2. The Morgan fingerprint density at radius 2 is 2.24 bits per heavy atom. The third kappa shape index (κ3) is 3.06. The summed E-state index contributed by atoms with van der Waals surface area (Å²) in [6.45, 7) is 4.43. The lowest BCUT2D eigenvalue weighted by atomic mass is 10.2. The van der Waals surface area contributed by atoms with Gasteiger partial charge < -0.3 is 14.7 Å². The van der Waals surface area contributed by atoms with Crippen LogP contribution in [0.5, 0.6) is 0 Å². The first-order valence-corrected chi connectivity index (χ1v) is 7.30. The van der Waals surface area contributed by atoms with Crippen molar-refractivity contribution in [2.24, 2.45) is 0 Å². The van der Waals surface area contributed by atoms with Gasteiger partial charge in [0.1, 0.15) is 0 Å². The number of hydrogen-bond acceptors (Lipinski definition) is 6. The molecule has 3 rings (SSSR count). The van der Waals surface area contributed by atoms with Gasteiger partial charge in [-0.1, -0.05) is 11.1 Å². The first-order valence-electron chi connectivity index (χ1n) is 7.30. The molecule has 1 atom stereocenters. The summed E-state index contributed by atoms with van der Waals surface area (Å²) in [5.74, 6) is 3.13. The van der Waals surface area contributed by atoms with Crippen LogP contribution in [0.15, 0.2) is 4.52 Å². The van der Waals surface area contributed by atoms with Gasteiger partial charge in [-0.25, -0.2) is 0 Å². The SMILES string of the molecule is C#CCN1CCN(C(=O)c2noc(C3CCCN3)n2)CC1. The highest BCUT2D eigenvalue weighted by Crippen LogP contribution is 2.21. The van der Waals surface area contributed by atoms with Gasteiger partial charge in [-0.3, -0.25) is 9.69 Å². The van der Waals surface area contributed by atoms with Crippen LogP contribution in [0.2, 0.25) is 0 Å². The molecule has 7 nitrogen and oxygen atoms in total. The van der Waals surface area contributed by atoms with Crippen LogP contribution in [-0.4, -0.2) is 65.1 Å². The second-order valence-corrected chi connectivity index (χ2v) is 5.38. The smallest absolute Gasteiger partial charge is 0.295 e. The Labute approximate surface area is 123 Å². The van der Waals surface area contributed by atoms with Crippen LogP contribution in [0.1, 0.15) is 35.4 Å². The van der Waals surface area contributed by atoms with Crippen molar-refractivity contribution in [2.45, 2.75) is 18.9 Å². The molecule has 0 aromatic carbocycles. The second kappa shape index (κ2) is 6.24. The highest BCUT2D eigenvalue weighted by molar-refractivity contribution is 5.90. The number of carbonyl (C=O) groups is 1. The molecule has 1 aromatic heterocycles. The molecule has 0 saturated carbocycles. The lowest BCUT2D eigenvalue weighted by Gasteiger charge is -2.32. The first kappa shape index (κ1) is 14.0. The molecule has 1 aromatic rings. The van der Waals surface area contributed by atoms with Crippen molar-refractivity contribution in [1.29, 1.82) is 0 Å². The number of piperazine rings is 1. The van der Waals surface area contributed by atoms with Gasteiger partial charge in [0.2, 0.25) is 5.89 Å². The fraction of sp³-hybridized carbons (Fsp3) is 0.643.